The second kappa shape index (κ2) is 20.1. The number of aryl methyl sites for hydroxylation is 5. The predicted octanol–water partition coefficient (Wildman–Crippen LogP) is 19.9. The van der Waals surface area contributed by atoms with Gasteiger partial charge in [-0.3, -0.25) is 0 Å². The van der Waals surface area contributed by atoms with E-state index in [1.807, 2.05) is 0 Å². The minimum atomic E-state index is -0.149. The van der Waals surface area contributed by atoms with Gasteiger partial charge >= 0.3 is 6.85 Å². The lowest BCUT2D eigenvalue weighted by Crippen LogP contribution is -2.61. The van der Waals surface area contributed by atoms with E-state index in [9.17, 15) is 0 Å². The SMILES string of the molecule is CCCCc1ccc(N(c2ccc(CCCC)cc2)c2ccc3c(c2)N(c2cc4c(cc2C)C(C)(C)CCC4(C)C)c2cc(-c4c(C)cccc4C)cc4c2B3N(c2ccc(C(C)(C)C)cc2)c2cc3ccccc3cc2-4)cc1. The fourth-order valence-electron chi connectivity index (χ4n) is 13.6. The maximum Gasteiger partial charge on any atom is 0.333 e. The first-order valence-corrected chi connectivity index (χ1v) is 29.7. The van der Waals surface area contributed by atoms with Gasteiger partial charge in [0.2, 0.25) is 0 Å². The Balaban J connectivity index is 1.20. The van der Waals surface area contributed by atoms with Crippen molar-refractivity contribution >= 4 is 74.0 Å². The van der Waals surface area contributed by atoms with E-state index in [1.54, 1.807) is 0 Å². The Bertz CT molecular complexity index is 3710. The number of unbranched alkanes of at least 4 members (excludes halogenated alkanes) is 2. The van der Waals surface area contributed by atoms with Crippen LogP contribution in [0.15, 0.2) is 170 Å². The lowest BCUT2D eigenvalue weighted by molar-refractivity contribution is 0.332. The molecule has 9 aromatic rings. The number of hydrogen-bond donors (Lipinski definition) is 0. The highest BCUT2D eigenvalue weighted by Crippen LogP contribution is 2.54. The van der Waals surface area contributed by atoms with Crippen molar-refractivity contribution in [2.45, 2.75) is 151 Å². The Morgan fingerprint density at radius 3 is 1.66 bits per heavy atom. The van der Waals surface area contributed by atoms with E-state index >= 15 is 0 Å². The molecule has 0 unspecified atom stereocenters. The Hall–Kier alpha value is -7.30. The molecule has 12 rings (SSSR count). The Morgan fingerprint density at radius 2 is 1.08 bits per heavy atom. The summed E-state index contributed by atoms with van der Waals surface area (Å²) in [6.45, 7) is 28.2. The van der Waals surface area contributed by atoms with Gasteiger partial charge in [0.1, 0.15) is 0 Å². The standard InChI is InChI=1S/C75H80BN3/c1-13-15-22-52-26-32-58(33-27-52)77(59-34-28-53(29-35-59)23-16-14-2)61-38-39-66-69(47-61)78(67-48-65-64(42-51(67)5)74(9,10)40-41-75(65,11)12)70-46-56(71-49(3)20-19-21-50(71)4)44-63-62-43-54-24-17-18-25-55(54)45-68(62)79(76(66)72(63)70)60-36-30-57(31-37-60)73(6,7)8/h17-21,24-39,42-48H,13-16,22-23,40-41H2,1-12H3. The Kier molecular flexibility index (Phi) is 13.3. The largest absolute Gasteiger partial charge is 0.376 e. The third-order valence-corrected chi connectivity index (χ3v) is 18.4. The molecule has 79 heavy (non-hydrogen) atoms. The second-order valence-corrected chi connectivity index (χ2v) is 25.9. The van der Waals surface area contributed by atoms with Gasteiger partial charge in [-0.05, 0) is 237 Å². The fourth-order valence-corrected chi connectivity index (χ4v) is 13.6. The molecule has 398 valence electrons. The number of nitrogens with zero attached hydrogens (tertiary/aromatic N) is 3. The van der Waals surface area contributed by atoms with Crippen molar-refractivity contribution in [2.24, 2.45) is 0 Å². The molecular formula is C75H80BN3. The first-order chi connectivity index (χ1) is 37.9. The van der Waals surface area contributed by atoms with Crippen LogP contribution in [0.2, 0.25) is 0 Å². The minimum absolute atomic E-state index is 0.00916. The second-order valence-electron chi connectivity index (χ2n) is 25.9. The number of fused-ring (bicyclic) bond motifs is 6. The summed E-state index contributed by atoms with van der Waals surface area (Å²) in [4.78, 5) is 7.92. The Morgan fingerprint density at radius 1 is 0.506 bits per heavy atom. The van der Waals surface area contributed by atoms with Gasteiger partial charge in [0.15, 0.2) is 0 Å². The van der Waals surface area contributed by atoms with Crippen molar-refractivity contribution < 1.29 is 0 Å². The fraction of sp³-hybridized carbons (Fsp3) is 0.307. The molecule has 1 aliphatic carbocycles. The molecule has 0 saturated heterocycles. The molecule has 0 fully saturated rings. The maximum absolute atomic E-state index is 2.71. The number of benzene rings is 9. The van der Waals surface area contributed by atoms with Gasteiger partial charge in [-0.15, -0.1) is 0 Å². The molecular weight excluding hydrogens is 954 g/mol. The first kappa shape index (κ1) is 52.4. The van der Waals surface area contributed by atoms with E-state index in [2.05, 4.69) is 268 Å². The van der Waals surface area contributed by atoms with Crippen LogP contribution >= 0.6 is 0 Å². The van der Waals surface area contributed by atoms with Crippen LogP contribution in [0.3, 0.4) is 0 Å². The van der Waals surface area contributed by atoms with Gasteiger partial charge < -0.3 is 14.6 Å². The summed E-state index contributed by atoms with van der Waals surface area (Å²) in [5.41, 5.74) is 28.4. The molecule has 2 heterocycles. The molecule has 0 bridgehead atoms. The van der Waals surface area contributed by atoms with Crippen molar-refractivity contribution in [1.29, 1.82) is 0 Å². The van der Waals surface area contributed by atoms with E-state index in [1.165, 1.54) is 149 Å². The third-order valence-electron chi connectivity index (χ3n) is 18.4. The van der Waals surface area contributed by atoms with Gasteiger partial charge in [0.25, 0.3) is 0 Å². The molecule has 3 nitrogen and oxygen atoms in total. The monoisotopic (exact) mass is 1030 g/mol. The maximum atomic E-state index is 2.71. The van der Waals surface area contributed by atoms with Gasteiger partial charge in [-0.1, -0.05) is 166 Å². The average molecular weight is 1030 g/mol. The zero-order valence-electron chi connectivity index (χ0n) is 49.2. The van der Waals surface area contributed by atoms with Crippen molar-refractivity contribution in [3.8, 4) is 22.3 Å². The van der Waals surface area contributed by atoms with Crippen LogP contribution in [0.4, 0.5) is 45.5 Å². The predicted molar refractivity (Wildman–Crippen MR) is 343 cm³/mol. The van der Waals surface area contributed by atoms with Crippen LogP contribution < -0.4 is 25.5 Å². The molecule has 0 aromatic heterocycles. The van der Waals surface area contributed by atoms with E-state index < -0.39 is 0 Å². The zero-order valence-corrected chi connectivity index (χ0v) is 49.2. The van der Waals surface area contributed by atoms with E-state index in [0.29, 0.717) is 0 Å². The molecule has 0 radical (unpaired) electrons. The average Bonchev–Trinajstić information content (AvgIpc) is 3.62. The van der Waals surface area contributed by atoms with Crippen LogP contribution in [-0.2, 0) is 29.1 Å². The van der Waals surface area contributed by atoms with Crippen LogP contribution in [0.1, 0.15) is 145 Å². The summed E-state index contributed by atoms with van der Waals surface area (Å²) in [5, 5.41) is 2.49. The summed E-state index contributed by atoms with van der Waals surface area (Å²) in [6, 6.07) is 66.9. The van der Waals surface area contributed by atoms with Crippen LogP contribution in [0, 0.1) is 20.8 Å². The van der Waals surface area contributed by atoms with Gasteiger partial charge in [0.05, 0.1) is 0 Å². The number of anilines is 8. The topological polar surface area (TPSA) is 9.72 Å². The normalized spacial score (nSPS) is 14.9. The van der Waals surface area contributed by atoms with Crippen molar-refractivity contribution in [3.05, 3.63) is 214 Å². The summed E-state index contributed by atoms with van der Waals surface area (Å²) in [6.07, 6.45) is 9.24. The highest BCUT2D eigenvalue weighted by molar-refractivity contribution is 6.93. The molecule has 0 saturated carbocycles. The highest BCUT2D eigenvalue weighted by Gasteiger charge is 2.47. The van der Waals surface area contributed by atoms with E-state index in [4.69, 9.17) is 0 Å². The number of hydrogen-bond acceptors (Lipinski definition) is 3. The zero-order chi connectivity index (χ0) is 55.1. The summed E-state index contributed by atoms with van der Waals surface area (Å²) >= 11 is 0. The van der Waals surface area contributed by atoms with Crippen LogP contribution in [0.25, 0.3) is 33.0 Å². The van der Waals surface area contributed by atoms with Crippen molar-refractivity contribution in [1.82, 2.24) is 0 Å². The molecule has 2 aliphatic heterocycles. The van der Waals surface area contributed by atoms with Gasteiger partial charge in [-0.2, -0.15) is 0 Å². The van der Waals surface area contributed by atoms with Crippen LogP contribution in [0.5, 0.6) is 0 Å². The first-order valence-electron chi connectivity index (χ1n) is 29.7. The molecule has 9 aromatic carbocycles. The molecule has 0 atom stereocenters. The summed E-state index contributed by atoms with van der Waals surface area (Å²) in [5.74, 6) is 0. The lowest BCUT2D eigenvalue weighted by atomic mass is 9.43. The molecule has 3 aliphatic rings. The molecule has 0 spiro atoms. The van der Waals surface area contributed by atoms with Crippen molar-refractivity contribution in [3.63, 3.8) is 0 Å². The van der Waals surface area contributed by atoms with Gasteiger partial charge in [-0.25, -0.2) is 0 Å². The molecule has 0 amide bonds. The smallest absolute Gasteiger partial charge is 0.333 e. The van der Waals surface area contributed by atoms with Gasteiger partial charge in [0, 0.05) is 51.1 Å². The molecule has 0 N–H and O–H groups in total. The minimum Gasteiger partial charge on any atom is -0.376 e. The molecule has 4 heteroatoms. The van der Waals surface area contributed by atoms with E-state index in [-0.39, 0.29) is 23.1 Å². The third kappa shape index (κ3) is 9.27. The number of rotatable bonds is 12. The quantitative estimate of drug-likeness (QED) is 0.113. The summed E-state index contributed by atoms with van der Waals surface area (Å²) in [7, 11) is 0. The lowest BCUT2D eigenvalue weighted by Gasteiger charge is -2.47. The van der Waals surface area contributed by atoms with E-state index in [0.717, 1.165) is 36.3 Å². The summed E-state index contributed by atoms with van der Waals surface area (Å²) < 4.78 is 0. The van der Waals surface area contributed by atoms with Crippen molar-refractivity contribution in [2.75, 3.05) is 14.6 Å². The Labute approximate surface area is 473 Å². The highest BCUT2D eigenvalue weighted by atomic mass is 15.2. The van der Waals surface area contributed by atoms with Crippen LogP contribution in [-0.4, -0.2) is 6.85 Å².